The van der Waals surface area contributed by atoms with Crippen molar-refractivity contribution in [2.75, 3.05) is 26.0 Å². The van der Waals surface area contributed by atoms with Gasteiger partial charge in [-0.1, -0.05) is 23.7 Å². The van der Waals surface area contributed by atoms with E-state index in [0.717, 1.165) is 23.3 Å². The summed E-state index contributed by atoms with van der Waals surface area (Å²) in [5.74, 6) is -0.214. The second-order valence-corrected chi connectivity index (χ2v) is 10.3. The molecule has 1 heterocycles. The van der Waals surface area contributed by atoms with Crippen LogP contribution >= 0.6 is 23.4 Å². The van der Waals surface area contributed by atoms with Crippen molar-refractivity contribution in [1.82, 2.24) is 9.62 Å². The number of ether oxygens (including phenoxy) is 1. The first-order chi connectivity index (χ1) is 14.3. The third kappa shape index (κ3) is 5.49. The van der Waals surface area contributed by atoms with Crippen LogP contribution < -0.4 is 10.1 Å². The zero-order valence-electron chi connectivity index (χ0n) is 16.9. The van der Waals surface area contributed by atoms with Crippen molar-refractivity contribution in [3.8, 4) is 5.75 Å². The number of carbonyl (C=O) groups is 1. The van der Waals surface area contributed by atoms with Crippen LogP contribution in [0, 0.1) is 0 Å². The second-order valence-electron chi connectivity index (χ2n) is 7.05. The number of nitrogens with one attached hydrogen (secondary N) is 1. The van der Waals surface area contributed by atoms with Gasteiger partial charge in [-0.05, 0) is 61.9 Å². The highest BCUT2D eigenvalue weighted by molar-refractivity contribution is 7.98. The number of rotatable bonds is 8. The minimum absolute atomic E-state index is 0.00889. The SMILES string of the molecule is CSc1ccc([C@H](C)NC(=O)COc2ccc(Cl)cc2S(=O)(=O)N2CCCC2)cc1. The van der Waals surface area contributed by atoms with Crippen molar-refractivity contribution in [1.29, 1.82) is 0 Å². The third-order valence-electron chi connectivity index (χ3n) is 4.94. The maximum atomic E-state index is 13.0. The van der Waals surface area contributed by atoms with E-state index >= 15 is 0 Å². The highest BCUT2D eigenvalue weighted by Crippen LogP contribution is 2.31. The molecule has 1 aliphatic heterocycles. The number of carbonyl (C=O) groups excluding carboxylic acids is 1. The van der Waals surface area contributed by atoms with Crippen LogP contribution in [-0.4, -0.2) is 44.6 Å². The molecule has 1 saturated heterocycles. The molecule has 1 atom stereocenters. The van der Waals surface area contributed by atoms with Crippen LogP contribution in [0.4, 0.5) is 0 Å². The Morgan fingerprint density at radius 2 is 1.87 bits per heavy atom. The lowest BCUT2D eigenvalue weighted by Crippen LogP contribution is -2.32. The summed E-state index contributed by atoms with van der Waals surface area (Å²) in [4.78, 5) is 13.5. The van der Waals surface area contributed by atoms with Gasteiger partial charge in [0, 0.05) is 23.0 Å². The molecule has 3 rings (SSSR count). The van der Waals surface area contributed by atoms with E-state index in [9.17, 15) is 13.2 Å². The van der Waals surface area contributed by atoms with E-state index in [1.54, 1.807) is 17.8 Å². The van der Waals surface area contributed by atoms with E-state index in [4.69, 9.17) is 16.3 Å². The summed E-state index contributed by atoms with van der Waals surface area (Å²) in [6.07, 6.45) is 3.66. The number of thioether (sulfide) groups is 1. The van der Waals surface area contributed by atoms with E-state index < -0.39 is 10.0 Å². The number of sulfonamides is 1. The number of amides is 1. The molecule has 9 heteroatoms. The third-order valence-corrected chi connectivity index (χ3v) is 7.84. The summed E-state index contributed by atoms with van der Waals surface area (Å²) in [5, 5.41) is 3.17. The highest BCUT2D eigenvalue weighted by atomic mass is 35.5. The molecule has 2 aromatic rings. The summed E-state index contributed by atoms with van der Waals surface area (Å²) in [6.45, 7) is 2.54. The molecule has 0 saturated carbocycles. The van der Waals surface area contributed by atoms with Gasteiger partial charge in [0.1, 0.15) is 10.6 Å². The molecule has 1 fully saturated rings. The van der Waals surface area contributed by atoms with Crippen LogP contribution in [0.1, 0.15) is 31.4 Å². The van der Waals surface area contributed by atoms with Gasteiger partial charge in [-0.25, -0.2) is 8.42 Å². The second kappa shape index (κ2) is 10.0. The first-order valence-electron chi connectivity index (χ1n) is 9.67. The van der Waals surface area contributed by atoms with Crippen molar-refractivity contribution in [2.24, 2.45) is 0 Å². The first-order valence-corrected chi connectivity index (χ1v) is 12.7. The average Bonchev–Trinajstić information content (AvgIpc) is 3.28. The zero-order chi connectivity index (χ0) is 21.7. The minimum atomic E-state index is -3.72. The summed E-state index contributed by atoms with van der Waals surface area (Å²) < 4.78 is 32.9. The first kappa shape index (κ1) is 22.9. The van der Waals surface area contributed by atoms with Gasteiger partial charge in [-0.15, -0.1) is 11.8 Å². The summed E-state index contributed by atoms with van der Waals surface area (Å²) in [6, 6.07) is 12.2. The van der Waals surface area contributed by atoms with Gasteiger partial charge in [-0.2, -0.15) is 4.31 Å². The number of hydrogen-bond acceptors (Lipinski definition) is 5. The van der Waals surface area contributed by atoms with E-state index in [0.29, 0.717) is 18.1 Å². The zero-order valence-corrected chi connectivity index (χ0v) is 19.3. The maximum absolute atomic E-state index is 13.0. The Morgan fingerprint density at radius 3 is 2.50 bits per heavy atom. The monoisotopic (exact) mass is 468 g/mol. The summed E-state index contributed by atoms with van der Waals surface area (Å²) in [7, 11) is -3.72. The lowest BCUT2D eigenvalue weighted by atomic mass is 10.1. The normalized spacial score (nSPS) is 15.7. The Labute approximate surface area is 187 Å². The molecule has 162 valence electrons. The van der Waals surface area contributed by atoms with Crippen LogP contribution in [0.15, 0.2) is 52.3 Å². The van der Waals surface area contributed by atoms with E-state index in [1.807, 2.05) is 37.4 Å². The molecule has 1 amide bonds. The average molecular weight is 469 g/mol. The lowest BCUT2D eigenvalue weighted by Gasteiger charge is -2.19. The van der Waals surface area contributed by atoms with Gasteiger partial charge in [-0.3, -0.25) is 4.79 Å². The van der Waals surface area contributed by atoms with Crippen molar-refractivity contribution in [3.63, 3.8) is 0 Å². The van der Waals surface area contributed by atoms with Crippen LogP contribution in [0.25, 0.3) is 0 Å². The predicted octanol–water partition coefficient (Wildman–Crippen LogP) is 4.10. The standard InChI is InChI=1S/C21H25ClN2O4S2/c1-15(16-5-8-18(29-2)9-6-16)23-21(25)14-28-19-10-7-17(22)13-20(19)30(26,27)24-11-3-4-12-24/h5-10,13,15H,3-4,11-12,14H2,1-2H3,(H,23,25)/t15-/m0/s1. The van der Waals surface area contributed by atoms with Gasteiger partial charge in [0.05, 0.1) is 6.04 Å². The van der Waals surface area contributed by atoms with Crippen LogP contribution in [-0.2, 0) is 14.8 Å². The molecule has 0 aromatic heterocycles. The van der Waals surface area contributed by atoms with E-state index in [1.165, 1.54) is 16.4 Å². The summed E-state index contributed by atoms with van der Waals surface area (Å²) >= 11 is 7.68. The topological polar surface area (TPSA) is 75.7 Å². The molecule has 0 unspecified atom stereocenters. The van der Waals surface area contributed by atoms with Gasteiger partial charge >= 0.3 is 0 Å². The molecular formula is C21H25ClN2O4S2. The van der Waals surface area contributed by atoms with Gasteiger partial charge < -0.3 is 10.1 Å². The number of hydrogen-bond donors (Lipinski definition) is 1. The predicted molar refractivity (Wildman–Crippen MR) is 120 cm³/mol. The fraction of sp³-hybridized carbons (Fsp3) is 0.381. The molecular weight excluding hydrogens is 444 g/mol. The van der Waals surface area contributed by atoms with Crippen LogP contribution in [0.2, 0.25) is 5.02 Å². The smallest absolute Gasteiger partial charge is 0.258 e. The Hall–Kier alpha value is -1.74. The molecule has 30 heavy (non-hydrogen) atoms. The van der Waals surface area contributed by atoms with Crippen molar-refractivity contribution < 1.29 is 17.9 Å². The number of halogens is 1. The van der Waals surface area contributed by atoms with Crippen molar-refractivity contribution in [2.45, 2.75) is 35.6 Å². The van der Waals surface area contributed by atoms with E-state index in [-0.39, 0.29) is 29.2 Å². The van der Waals surface area contributed by atoms with Crippen molar-refractivity contribution in [3.05, 3.63) is 53.1 Å². The maximum Gasteiger partial charge on any atom is 0.258 e. The highest BCUT2D eigenvalue weighted by Gasteiger charge is 2.30. The molecule has 1 aliphatic rings. The van der Waals surface area contributed by atoms with Gasteiger partial charge in [0.2, 0.25) is 10.0 Å². The quantitative estimate of drug-likeness (QED) is 0.590. The Kier molecular flexibility index (Phi) is 7.68. The summed E-state index contributed by atoms with van der Waals surface area (Å²) in [5.41, 5.74) is 0.977. The van der Waals surface area contributed by atoms with Crippen LogP contribution in [0.3, 0.4) is 0 Å². The largest absolute Gasteiger partial charge is 0.482 e. The van der Waals surface area contributed by atoms with E-state index in [2.05, 4.69) is 5.32 Å². The molecule has 2 aromatic carbocycles. The van der Waals surface area contributed by atoms with Gasteiger partial charge in [0.25, 0.3) is 5.91 Å². The minimum Gasteiger partial charge on any atom is -0.482 e. The molecule has 6 nitrogen and oxygen atoms in total. The van der Waals surface area contributed by atoms with Crippen LogP contribution in [0.5, 0.6) is 5.75 Å². The molecule has 0 aliphatic carbocycles. The fourth-order valence-electron chi connectivity index (χ4n) is 3.27. The number of nitrogens with zero attached hydrogens (tertiary/aromatic N) is 1. The fourth-order valence-corrected chi connectivity index (χ4v) is 5.59. The van der Waals surface area contributed by atoms with Gasteiger partial charge in [0.15, 0.2) is 6.61 Å². The molecule has 0 bridgehead atoms. The lowest BCUT2D eigenvalue weighted by molar-refractivity contribution is -0.123. The Bertz CT molecular complexity index is 991. The number of benzene rings is 2. The van der Waals surface area contributed by atoms with Crippen molar-refractivity contribution >= 4 is 39.3 Å². The molecule has 0 radical (unpaired) electrons. The molecule has 0 spiro atoms. The Balaban J connectivity index is 1.67. The molecule has 1 N–H and O–H groups in total. The Morgan fingerprint density at radius 1 is 1.20 bits per heavy atom.